The first kappa shape index (κ1) is 9.86. The molecule has 1 aromatic heterocycles. The van der Waals surface area contributed by atoms with Crippen LogP contribution in [0.25, 0.3) is 0 Å². The third kappa shape index (κ3) is 3.45. The molecule has 1 aromatic rings. The molecule has 0 aliphatic rings. The van der Waals surface area contributed by atoms with Gasteiger partial charge in [-0.2, -0.15) is 0 Å². The average molecular weight is 202 g/mol. The quantitative estimate of drug-likeness (QED) is 0.763. The van der Waals surface area contributed by atoms with E-state index < -0.39 is 0 Å². The molecule has 0 radical (unpaired) electrons. The van der Waals surface area contributed by atoms with Crippen LogP contribution in [0.15, 0.2) is 10.4 Å². The second-order valence-corrected chi connectivity index (χ2v) is 5.51. The Labute approximate surface area is 81.6 Å². The lowest BCUT2D eigenvalue weighted by Gasteiger charge is -2.01. The molecule has 0 atom stereocenters. The van der Waals surface area contributed by atoms with Crippen molar-refractivity contribution in [2.45, 2.75) is 24.5 Å². The number of thiazole rings is 1. The summed E-state index contributed by atoms with van der Waals surface area (Å²) in [5.74, 6) is 1.95. The van der Waals surface area contributed by atoms with E-state index >= 15 is 0 Å². The van der Waals surface area contributed by atoms with E-state index in [1.165, 1.54) is 16.4 Å². The molecular formula is C8H14N2S2. The van der Waals surface area contributed by atoms with E-state index in [2.05, 4.69) is 18.8 Å². The second-order valence-electron chi connectivity index (χ2n) is 3.05. The van der Waals surface area contributed by atoms with Gasteiger partial charge < -0.3 is 5.73 Å². The van der Waals surface area contributed by atoms with Gasteiger partial charge in [0.25, 0.3) is 0 Å². The zero-order valence-corrected chi connectivity index (χ0v) is 9.04. The number of hydrogen-bond donors (Lipinski definition) is 1. The van der Waals surface area contributed by atoms with Crippen molar-refractivity contribution in [3.8, 4) is 0 Å². The molecule has 12 heavy (non-hydrogen) atoms. The molecule has 0 unspecified atom stereocenters. The molecule has 0 saturated heterocycles. The van der Waals surface area contributed by atoms with E-state index in [4.69, 9.17) is 5.73 Å². The van der Waals surface area contributed by atoms with Crippen LogP contribution in [0, 0.1) is 5.92 Å². The number of nitrogens with zero attached hydrogens (tertiary/aromatic N) is 1. The molecule has 0 saturated carbocycles. The summed E-state index contributed by atoms with van der Waals surface area (Å²) in [5, 5.41) is 0.669. The largest absolute Gasteiger partial charge is 0.375 e. The Morgan fingerprint density at radius 2 is 2.42 bits per heavy atom. The molecule has 0 aromatic carbocycles. The van der Waals surface area contributed by atoms with Crippen LogP contribution in [-0.2, 0) is 0 Å². The van der Waals surface area contributed by atoms with Crippen molar-refractivity contribution in [2.24, 2.45) is 5.92 Å². The summed E-state index contributed by atoms with van der Waals surface area (Å²) in [5.41, 5.74) is 5.50. The van der Waals surface area contributed by atoms with Gasteiger partial charge in [0.2, 0.25) is 0 Å². The molecule has 1 heterocycles. The van der Waals surface area contributed by atoms with Crippen LogP contribution >= 0.6 is 23.1 Å². The minimum Gasteiger partial charge on any atom is -0.375 e. The summed E-state index contributed by atoms with van der Waals surface area (Å²) in [6.07, 6.45) is 3.10. The van der Waals surface area contributed by atoms with Crippen LogP contribution in [0.4, 0.5) is 5.13 Å². The number of nitrogen functional groups attached to an aromatic ring is 1. The Hall–Kier alpha value is -0.220. The molecule has 1 rings (SSSR count). The highest BCUT2D eigenvalue weighted by atomic mass is 32.2. The zero-order valence-electron chi connectivity index (χ0n) is 7.41. The Kier molecular flexibility index (Phi) is 3.88. The van der Waals surface area contributed by atoms with E-state index in [0.29, 0.717) is 5.13 Å². The highest BCUT2D eigenvalue weighted by Gasteiger charge is 1.99. The van der Waals surface area contributed by atoms with Gasteiger partial charge in [-0.15, -0.1) is 11.8 Å². The summed E-state index contributed by atoms with van der Waals surface area (Å²) in [6, 6.07) is 0. The minimum absolute atomic E-state index is 0.669. The number of hydrogen-bond acceptors (Lipinski definition) is 4. The van der Waals surface area contributed by atoms with Gasteiger partial charge in [-0.25, -0.2) is 4.98 Å². The maximum atomic E-state index is 5.50. The smallest absolute Gasteiger partial charge is 0.181 e. The molecule has 4 heteroatoms. The topological polar surface area (TPSA) is 38.9 Å². The van der Waals surface area contributed by atoms with Crippen LogP contribution in [0.2, 0.25) is 0 Å². The van der Waals surface area contributed by atoms with Crippen molar-refractivity contribution >= 4 is 28.2 Å². The van der Waals surface area contributed by atoms with Gasteiger partial charge in [0.05, 0.1) is 10.4 Å². The lowest BCUT2D eigenvalue weighted by Crippen LogP contribution is -1.88. The first-order valence-electron chi connectivity index (χ1n) is 4.02. The second kappa shape index (κ2) is 4.72. The highest BCUT2D eigenvalue weighted by molar-refractivity contribution is 8.01. The summed E-state index contributed by atoms with van der Waals surface area (Å²) < 4.78 is 1.23. The molecule has 0 aliphatic heterocycles. The van der Waals surface area contributed by atoms with Gasteiger partial charge in [-0.05, 0) is 18.1 Å². The fourth-order valence-corrected chi connectivity index (χ4v) is 2.81. The lowest BCUT2D eigenvalue weighted by molar-refractivity contribution is 0.632. The summed E-state index contributed by atoms with van der Waals surface area (Å²) in [6.45, 7) is 4.48. The van der Waals surface area contributed by atoms with Crippen LogP contribution in [-0.4, -0.2) is 10.7 Å². The summed E-state index contributed by atoms with van der Waals surface area (Å²) in [7, 11) is 0. The average Bonchev–Trinajstić information content (AvgIpc) is 2.35. The molecule has 2 nitrogen and oxygen atoms in total. The number of thioether (sulfide) groups is 1. The molecule has 0 aliphatic carbocycles. The number of nitrogens with two attached hydrogens (primary N) is 1. The number of aromatic nitrogens is 1. The Balaban J connectivity index is 2.24. The van der Waals surface area contributed by atoms with Gasteiger partial charge in [0, 0.05) is 0 Å². The SMILES string of the molecule is CC(C)CCSc1cnc(N)s1. The summed E-state index contributed by atoms with van der Waals surface area (Å²) >= 11 is 3.41. The molecular weight excluding hydrogens is 188 g/mol. The van der Waals surface area contributed by atoms with Crippen LogP contribution in [0.1, 0.15) is 20.3 Å². The molecule has 0 spiro atoms. The molecule has 2 N–H and O–H groups in total. The van der Waals surface area contributed by atoms with Gasteiger partial charge in [-0.1, -0.05) is 25.2 Å². The first-order valence-corrected chi connectivity index (χ1v) is 5.83. The minimum atomic E-state index is 0.669. The molecule has 68 valence electrons. The maximum Gasteiger partial charge on any atom is 0.181 e. The Bertz CT molecular complexity index is 233. The van der Waals surface area contributed by atoms with E-state index in [1.54, 1.807) is 11.3 Å². The third-order valence-corrected chi connectivity index (χ3v) is 3.50. The van der Waals surface area contributed by atoms with Gasteiger partial charge in [0.1, 0.15) is 0 Å². The fourth-order valence-electron chi connectivity index (χ4n) is 0.734. The van der Waals surface area contributed by atoms with Crippen molar-refractivity contribution in [3.05, 3.63) is 6.20 Å². The van der Waals surface area contributed by atoms with Gasteiger partial charge in [-0.3, -0.25) is 0 Å². The molecule has 0 bridgehead atoms. The number of rotatable bonds is 4. The van der Waals surface area contributed by atoms with Crippen LogP contribution < -0.4 is 5.73 Å². The van der Waals surface area contributed by atoms with Crippen molar-refractivity contribution in [3.63, 3.8) is 0 Å². The van der Waals surface area contributed by atoms with E-state index in [9.17, 15) is 0 Å². The highest BCUT2D eigenvalue weighted by Crippen LogP contribution is 2.27. The standard InChI is InChI=1S/C8H14N2S2/c1-6(2)3-4-11-7-5-10-8(9)12-7/h5-6H,3-4H2,1-2H3,(H2,9,10). The normalized spacial score (nSPS) is 10.9. The van der Waals surface area contributed by atoms with E-state index in [-0.39, 0.29) is 0 Å². The summed E-state index contributed by atoms with van der Waals surface area (Å²) in [4.78, 5) is 3.99. The predicted molar refractivity (Wildman–Crippen MR) is 56.7 cm³/mol. The number of anilines is 1. The zero-order chi connectivity index (χ0) is 8.97. The fraction of sp³-hybridized carbons (Fsp3) is 0.625. The monoisotopic (exact) mass is 202 g/mol. The Morgan fingerprint density at radius 1 is 1.67 bits per heavy atom. The Morgan fingerprint density at radius 3 is 2.92 bits per heavy atom. The third-order valence-electron chi connectivity index (χ3n) is 1.44. The lowest BCUT2D eigenvalue weighted by atomic mass is 10.2. The van der Waals surface area contributed by atoms with Crippen LogP contribution in [0.3, 0.4) is 0 Å². The van der Waals surface area contributed by atoms with Crippen molar-refractivity contribution < 1.29 is 0 Å². The first-order chi connectivity index (χ1) is 5.68. The van der Waals surface area contributed by atoms with Crippen molar-refractivity contribution in [1.29, 1.82) is 0 Å². The molecule has 0 amide bonds. The van der Waals surface area contributed by atoms with Gasteiger partial charge in [0.15, 0.2) is 5.13 Å². The van der Waals surface area contributed by atoms with E-state index in [0.717, 1.165) is 5.92 Å². The van der Waals surface area contributed by atoms with Crippen molar-refractivity contribution in [2.75, 3.05) is 11.5 Å². The molecule has 0 fully saturated rings. The van der Waals surface area contributed by atoms with Gasteiger partial charge >= 0.3 is 0 Å². The maximum absolute atomic E-state index is 5.50. The van der Waals surface area contributed by atoms with E-state index in [1.807, 2.05) is 18.0 Å². The van der Waals surface area contributed by atoms with Crippen molar-refractivity contribution in [1.82, 2.24) is 4.98 Å². The van der Waals surface area contributed by atoms with Crippen LogP contribution in [0.5, 0.6) is 0 Å². The predicted octanol–water partition coefficient (Wildman–Crippen LogP) is 2.86.